The molecule has 1 aromatic carbocycles. The summed E-state index contributed by atoms with van der Waals surface area (Å²) in [6.45, 7) is 7.04. The van der Waals surface area contributed by atoms with Crippen LogP contribution in [0.25, 0.3) is 27.7 Å². The van der Waals surface area contributed by atoms with Gasteiger partial charge in [-0.2, -0.15) is 0 Å². The Balaban J connectivity index is 1.93. The van der Waals surface area contributed by atoms with E-state index in [4.69, 9.17) is 0 Å². The number of rotatable bonds is 7. The lowest BCUT2D eigenvalue weighted by atomic mass is 10.1. The van der Waals surface area contributed by atoms with Crippen molar-refractivity contribution in [3.63, 3.8) is 0 Å². The molecule has 8 nitrogen and oxygen atoms in total. The number of carbonyl (C=O) groups is 1. The summed E-state index contributed by atoms with van der Waals surface area (Å²) in [6, 6.07) is 2.08. The number of halogens is 2. The molecule has 0 aliphatic heterocycles. The van der Waals surface area contributed by atoms with Crippen molar-refractivity contribution in [2.75, 3.05) is 38.5 Å². The quantitative estimate of drug-likeness (QED) is 0.472. The molecule has 10 heteroatoms. The van der Waals surface area contributed by atoms with Gasteiger partial charge in [0, 0.05) is 38.5 Å². The molecule has 0 fully saturated rings. The standard InChI is InChI=1S/C21H23F2N7O/c1-4-29(5-2)7-6-26-21(31)17-18(24-3)12-10-25-11-27-19(12)30-16-9-14(23)13(22)8-15(16)28-20(17)30/h8-11,24H,4-7H2,1-3H3,(H,26,31). The van der Waals surface area contributed by atoms with Gasteiger partial charge in [0.2, 0.25) is 0 Å². The number of pyridine rings is 1. The summed E-state index contributed by atoms with van der Waals surface area (Å²) >= 11 is 0. The minimum absolute atomic E-state index is 0.226. The molecule has 0 saturated carbocycles. The smallest absolute Gasteiger partial charge is 0.257 e. The Morgan fingerprint density at radius 3 is 2.61 bits per heavy atom. The lowest BCUT2D eigenvalue weighted by Crippen LogP contribution is -2.35. The normalized spacial score (nSPS) is 11.7. The zero-order chi connectivity index (χ0) is 22.1. The molecule has 162 valence electrons. The predicted molar refractivity (Wildman–Crippen MR) is 115 cm³/mol. The molecule has 0 radical (unpaired) electrons. The van der Waals surface area contributed by atoms with Gasteiger partial charge in [0.05, 0.1) is 22.1 Å². The van der Waals surface area contributed by atoms with E-state index in [-0.39, 0.29) is 22.6 Å². The molecule has 1 amide bonds. The van der Waals surface area contributed by atoms with Crippen molar-refractivity contribution in [1.82, 2.24) is 29.6 Å². The van der Waals surface area contributed by atoms with Crippen LogP contribution in [0.3, 0.4) is 0 Å². The highest BCUT2D eigenvalue weighted by Crippen LogP contribution is 2.32. The number of fused-ring (bicyclic) bond motifs is 5. The molecule has 4 aromatic rings. The van der Waals surface area contributed by atoms with Gasteiger partial charge in [-0.1, -0.05) is 13.8 Å². The van der Waals surface area contributed by atoms with E-state index in [9.17, 15) is 13.6 Å². The number of nitrogens with zero attached hydrogens (tertiary/aromatic N) is 5. The molecule has 0 atom stereocenters. The van der Waals surface area contributed by atoms with E-state index < -0.39 is 11.6 Å². The fourth-order valence-electron chi connectivity index (χ4n) is 3.81. The van der Waals surface area contributed by atoms with Gasteiger partial charge in [0.25, 0.3) is 5.91 Å². The van der Waals surface area contributed by atoms with Crippen LogP contribution < -0.4 is 10.6 Å². The Morgan fingerprint density at radius 1 is 1.16 bits per heavy atom. The minimum atomic E-state index is -1.01. The Morgan fingerprint density at radius 2 is 1.90 bits per heavy atom. The van der Waals surface area contributed by atoms with Gasteiger partial charge < -0.3 is 15.5 Å². The van der Waals surface area contributed by atoms with Crippen molar-refractivity contribution >= 4 is 39.3 Å². The zero-order valence-corrected chi connectivity index (χ0v) is 17.5. The molecular formula is C21H23F2N7O. The van der Waals surface area contributed by atoms with E-state index >= 15 is 0 Å². The molecule has 0 aliphatic carbocycles. The monoisotopic (exact) mass is 427 g/mol. The van der Waals surface area contributed by atoms with Gasteiger partial charge in [-0.15, -0.1) is 0 Å². The molecule has 0 spiro atoms. The first kappa shape index (κ1) is 20.9. The fraction of sp³-hybridized carbons (Fsp3) is 0.333. The number of benzene rings is 1. The summed E-state index contributed by atoms with van der Waals surface area (Å²) < 4.78 is 29.4. The van der Waals surface area contributed by atoms with Crippen LogP contribution in [0.15, 0.2) is 24.7 Å². The van der Waals surface area contributed by atoms with Crippen molar-refractivity contribution in [3.8, 4) is 0 Å². The van der Waals surface area contributed by atoms with Crippen molar-refractivity contribution in [3.05, 3.63) is 41.9 Å². The maximum atomic E-state index is 14.0. The molecule has 3 aromatic heterocycles. The largest absolute Gasteiger partial charge is 0.387 e. The molecule has 0 bridgehead atoms. The fourth-order valence-corrected chi connectivity index (χ4v) is 3.81. The summed E-state index contributed by atoms with van der Waals surface area (Å²) in [7, 11) is 1.69. The highest BCUT2D eigenvalue weighted by molar-refractivity contribution is 6.13. The summed E-state index contributed by atoms with van der Waals surface area (Å²) in [4.78, 5) is 28.3. The van der Waals surface area contributed by atoms with Crippen LogP contribution in [-0.4, -0.2) is 63.4 Å². The van der Waals surface area contributed by atoms with Gasteiger partial charge in [-0.3, -0.25) is 9.20 Å². The number of likely N-dealkylation sites (N-methyl/N-ethyl adjacent to an activating group) is 1. The van der Waals surface area contributed by atoms with Gasteiger partial charge in [0.1, 0.15) is 11.9 Å². The second-order valence-corrected chi connectivity index (χ2v) is 7.07. The van der Waals surface area contributed by atoms with Gasteiger partial charge in [-0.05, 0) is 13.1 Å². The van der Waals surface area contributed by atoms with Crippen molar-refractivity contribution < 1.29 is 13.6 Å². The van der Waals surface area contributed by atoms with Crippen molar-refractivity contribution in [2.45, 2.75) is 13.8 Å². The number of imidazole rings is 1. The first-order chi connectivity index (χ1) is 15.0. The highest BCUT2D eigenvalue weighted by atomic mass is 19.2. The average Bonchev–Trinajstić information content (AvgIpc) is 3.13. The van der Waals surface area contributed by atoms with Gasteiger partial charge in [0.15, 0.2) is 22.9 Å². The van der Waals surface area contributed by atoms with Crippen LogP contribution in [0.2, 0.25) is 0 Å². The van der Waals surface area contributed by atoms with Gasteiger partial charge >= 0.3 is 0 Å². The third-order valence-electron chi connectivity index (χ3n) is 5.43. The zero-order valence-electron chi connectivity index (χ0n) is 17.5. The molecule has 2 N–H and O–H groups in total. The second kappa shape index (κ2) is 8.38. The summed E-state index contributed by atoms with van der Waals surface area (Å²) in [5.41, 5.74) is 2.00. The van der Waals surface area contributed by atoms with E-state index in [2.05, 4.69) is 44.3 Å². The summed E-state index contributed by atoms with van der Waals surface area (Å²) in [5.74, 6) is -2.35. The van der Waals surface area contributed by atoms with E-state index in [0.29, 0.717) is 35.3 Å². The number of anilines is 1. The minimum Gasteiger partial charge on any atom is -0.387 e. The number of hydrogen-bond donors (Lipinski definition) is 2. The molecule has 3 heterocycles. The van der Waals surface area contributed by atoms with Crippen LogP contribution in [-0.2, 0) is 0 Å². The second-order valence-electron chi connectivity index (χ2n) is 7.07. The first-order valence-corrected chi connectivity index (χ1v) is 10.1. The third-order valence-corrected chi connectivity index (χ3v) is 5.43. The molecule has 4 rings (SSSR count). The van der Waals surface area contributed by atoms with Crippen LogP contribution in [0.4, 0.5) is 14.5 Å². The maximum absolute atomic E-state index is 14.0. The van der Waals surface area contributed by atoms with E-state index in [1.54, 1.807) is 17.6 Å². The first-order valence-electron chi connectivity index (χ1n) is 10.1. The number of amides is 1. The van der Waals surface area contributed by atoms with Crippen LogP contribution in [0.1, 0.15) is 24.2 Å². The SMILES string of the molecule is CCN(CC)CCNC(=O)c1c(NC)c2cncnc2n2c1nc1cc(F)c(F)cc12. The molecule has 0 saturated heterocycles. The number of nitrogens with one attached hydrogen (secondary N) is 2. The molecule has 31 heavy (non-hydrogen) atoms. The number of hydrogen-bond acceptors (Lipinski definition) is 6. The molecule has 0 unspecified atom stereocenters. The Kier molecular flexibility index (Phi) is 5.64. The highest BCUT2D eigenvalue weighted by Gasteiger charge is 2.24. The topological polar surface area (TPSA) is 87.5 Å². The lowest BCUT2D eigenvalue weighted by molar-refractivity contribution is 0.0951. The van der Waals surface area contributed by atoms with Crippen LogP contribution in [0, 0.1) is 11.6 Å². The van der Waals surface area contributed by atoms with E-state index in [1.165, 1.54) is 6.33 Å². The summed E-state index contributed by atoms with van der Waals surface area (Å²) in [5, 5.41) is 6.55. The predicted octanol–water partition coefficient (Wildman–Crippen LogP) is 2.82. The Labute approximate surface area is 177 Å². The Hall–Kier alpha value is -3.40. The number of carbonyl (C=O) groups excluding carboxylic acids is 1. The summed E-state index contributed by atoms with van der Waals surface area (Å²) in [6.07, 6.45) is 2.93. The van der Waals surface area contributed by atoms with Gasteiger partial charge in [-0.25, -0.2) is 23.7 Å². The van der Waals surface area contributed by atoms with Crippen LogP contribution >= 0.6 is 0 Å². The molecule has 0 aliphatic rings. The van der Waals surface area contributed by atoms with Crippen LogP contribution in [0.5, 0.6) is 0 Å². The average molecular weight is 427 g/mol. The lowest BCUT2D eigenvalue weighted by Gasteiger charge is -2.19. The van der Waals surface area contributed by atoms with Crippen molar-refractivity contribution in [2.24, 2.45) is 0 Å². The van der Waals surface area contributed by atoms with Crippen molar-refractivity contribution in [1.29, 1.82) is 0 Å². The van der Waals surface area contributed by atoms with E-state index in [1.807, 2.05) is 0 Å². The maximum Gasteiger partial charge on any atom is 0.257 e. The Bertz CT molecular complexity index is 1280. The molecular weight excluding hydrogens is 404 g/mol. The number of aromatic nitrogens is 4. The van der Waals surface area contributed by atoms with E-state index in [0.717, 1.165) is 25.2 Å². The third kappa shape index (κ3) is 3.52.